The summed E-state index contributed by atoms with van der Waals surface area (Å²) in [6, 6.07) is 0. The molecular formula is C7H9ClO4. The second-order valence-electron chi connectivity index (χ2n) is 1.98. The molecule has 0 aromatic rings. The highest BCUT2D eigenvalue weighted by Crippen LogP contribution is 1.92. The van der Waals surface area contributed by atoms with E-state index in [0.717, 1.165) is 0 Å². The lowest BCUT2D eigenvalue weighted by atomic mass is 10.4. The molecule has 5 heteroatoms. The fraction of sp³-hybridized carbons (Fsp3) is 0.429. The average Bonchev–Trinajstić information content (AvgIpc) is 2.03. The van der Waals surface area contributed by atoms with Gasteiger partial charge in [-0.2, -0.15) is 0 Å². The van der Waals surface area contributed by atoms with Crippen LogP contribution in [0.25, 0.3) is 0 Å². The molecule has 68 valence electrons. The molecule has 0 N–H and O–H groups in total. The molecule has 0 spiro atoms. The lowest BCUT2D eigenvalue weighted by molar-refractivity contribution is -0.162. The van der Waals surface area contributed by atoms with Gasteiger partial charge in [0, 0.05) is 5.57 Å². The van der Waals surface area contributed by atoms with Crippen molar-refractivity contribution in [3.8, 4) is 0 Å². The zero-order chi connectivity index (χ0) is 9.56. The van der Waals surface area contributed by atoms with E-state index in [2.05, 4.69) is 16.1 Å². The van der Waals surface area contributed by atoms with Gasteiger partial charge < -0.3 is 9.47 Å². The first-order valence-electron chi connectivity index (χ1n) is 3.12. The molecule has 0 aromatic heterocycles. The highest BCUT2D eigenvalue weighted by Gasteiger charge is 2.04. The third-order valence-electron chi connectivity index (χ3n) is 0.868. The minimum atomic E-state index is -0.633. The Labute approximate surface area is 75.1 Å². The van der Waals surface area contributed by atoms with E-state index in [1.807, 2.05) is 0 Å². The molecule has 0 aromatic carbocycles. The Morgan fingerprint density at radius 1 is 1.42 bits per heavy atom. The summed E-state index contributed by atoms with van der Waals surface area (Å²) in [6.45, 7) is 4.40. The van der Waals surface area contributed by atoms with Crippen molar-refractivity contribution in [1.82, 2.24) is 0 Å². The van der Waals surface area contributed by atoms with Crippen molar-refractivity contribution in [2.24, 2.45) is 0 Å². The smallest absolute Gasteiger partial charge is 0.335 e. The third-order valence-corrected chi connectivity index (χ3v) is 1.09. The van der Waals surface area contributed by atoms with E-state index in [1.165, 1.54) is 6.92 Å². The molecule has 0 atom stereocenters. The van der Waals surface area contributed by atoms with Gasteiger partial charge >= 0.3 is 11.9 Å². The van der Waals surface area contributed by atoms with E-state index >= 15 is 0 Å². The monoisotopic (exact) mass is 192 g/mol. The van der Waals surface area contributed by atoms with Crippen LogP contribution < -0.4 is 0 Å². The van der Waals surface area contributed by atoms with E-state index in [9.17, 15) is 9.59 Å². The van der Waals surface area contributed by atoms with Crippen molar-refractivity contribution in [2.75, 3.05) is 12.7 Å². The van der Waals surface area contributed by atoms with E-state index in [1.54, 1.807) is 0 Å². The van der Waals surface area contributed by atoms with Crippen LogP contribution in [0.2, 0.25) is 0 Å². The summed E-state index contributed by atoms with van der Waals surface area (Å²) in [7, 11) is 0. The largest absolute Gasteiger partial charge is 0.427 e. The molecule has 0 saturated carbocycles. The predicted octanol–water partition coefficient (Wildman–Crippen LogP) is 0.845. The third kappa shape index (κ3) is 4.73. The predicted molar refractivity (Wildman–Crippen MR) is 42.6 cm³/mol. The molecule has 0 heterocycles. The first kappa shape index (κ1) is 11.0. The highest BCUT2D eigenvalue weighted by molar-refractivity contribution is 6.26. The minimum Gasteiger partial charge on any atom is -0.427 e. The van der Waals surface area contributed by atoms with E-state index in [-0.39, 0.29) is 11.5 Å². The van der Waals surface area contributed by atoms with Crippen LogP contribution in [0.1, 0.15) is 6.92 Å². The molecule has 12 heavy (non-hydrogen) atoms. The lowest BCUT2D eigenvalue weighted by Gasteiger charge is -2.03. The summed E-state index contributed by atoms with van der Waals surface area (Å²) in [6.07, 6.45) is 0. The summed E-state index contributed by atoms with van der Waals surface area (Å²) in [5, 5.41) is 0. The van der Waals surface area contributed by atoms with E-state index < -0.39 is 18.7 Å². The number of alkyl halides is 1. The summed E-state index contributed by atoms with van der Waals surface area (Å²) < 4.78 is 8.79. The van der Waals surface area contributed by atoms with Crippen molar-refractivity contribution < 1.29 is 19.1 Å². The van der Waals surface area contributed by atoms with Gasteiger partial charge in [0.05, 0.1) is 0 Å². The lowest BCUT2D eigenvalue weighted by Crippen LogP contribution is -2.13. The van der Waals surface area contributed by atoms with Crippen LogP contribution in [0.3, 0.4) is 0 Å². The van der Waals surface area contributed by atoms with Crippen molar-refractivity contribution >= 4 is 23.5 Å². The highest BCUT2D eigenvalue weighted by atomic mass is 35.5. The number of rotatable bonds is 4. The van der Waals surface area contributed by atoms with Gasteiger partial charge in [0.15, 0.2) is 0 Å². The number of hydrogen-bond acceptors (Lipinski definition) is 4. The number of hydrogen-bond donors (Lipinski definition) is 0. The fourth-order valence-electron chi connectivity index (χ4n) is 0.310. The number of halogens is 1. The Balaban J connectivity index is 3.50. The van der Waals surface area contributed by atoms with Crippen LogP contribution in [0.5, 0.6) is 0 Å². The van der Waals surface area contributed by atoms with Crippen molar-refractivity contribution in [2.45, 2.75) is 6.92 Å². The van der Waals surface area contributed by atoms with Gasteiger partial charge in [-0.05, 0) is 6.92 Å². The average molecular weight is 193 g/mol. The molecule has 4 nitrogen and oxygen atoms in total. The maximum Gasteiger partial charge on any atom is 0.335 e. The number of carbonyl (C=O) groups excluding carboxylic acids is 2. The molecule has 0 amide bonds. The van der Waals surface area contributed by atoms with E-state index in [4.69, 9.17) is 11.6 Å². The Morgan fingerprint density at radius 3 is 2.42 bits per heavy atom. The maximum atomic E-state index is 10.7. The summed E-state index contributed by atoms with van der Waals surface area (Å²) in [5.41, 5.74) is 0.247. The van der Waals surface area contributed by atoms with Crippen molar-refractivity contribution in [3.05, 3.63) is 12.2 Å². The molecule has 0 rings (SSSR count). The Kier molecular flexibility index (Phi) is 5.12. The molecule has 0 aliphatic heterocycles. The van der Waals surface area contributed by atoms with E-state index in [0.29, 0.717) is 0 Å². The van der Waals surface area contributed by atoms with Gasteiger partial charge in [0.2, 0.25) is 6.79 Å². The van der Waals surface area contributed by atoms with Crippen LogP contribution in [0.15, 0.2) is 12.2 Å². The molecule has 0 bridgehead atoms. The first-order chi connectivity index (χ1) is 5.57. The zero-order valence-electron chi connectivity index (χ0n) is 6.63. The second-order valence-corrected chi connectivity index (χ2v) is 2.25. The normalized spacial score (nSPS) is 8.83. The summed E-state index contributed by atoms with van der Waals surface area (Å²) >= 11 is 5.10. The molecule has 0 aliphatic carbocycles. The van der Waals surface area contributed by atoms with Gasteiger partial charge in [-0.1, -0.05) is 6.58 Å². The second kappa shape index (κ2) is 5.60. The summed E-state index contributed by atoms with van der Waals surface area (Å²) in [5.74, 6) is -1.49. The molecule has 0 fully saturated rings. The maximum absolute atomic E-state index is 10.7. The minimum absolute atomic E-state index is 0.247. The Hall–Kier alpha value is -1.03. The summed E-state index contributed by atoms with van der Waals surface area (Å²) in [4.78, 5) is 21.1. The first-order valence-corrected chi connectivity index (χ1v) is 3.65. The van der Waals surface area contributed by atoms with Gasteiger partial charge in [-0.15, -0.1) is 11.6 Å². The molecule has 0 unspecified atom stereocenters. The fourth-order valence-corrected chi connectivity index (χ4v) is 0.388. The molecule has 0 radical (unpaired) electrons. The standard InChI is InChI=1S/C7H9ClO4/c1-5(2)7(10)12-4-11-6(9)3-8/h1,3-4H2,2H3. The van der Waals surface area contributed by atoms with Gasteiger partial charge in [0.1, 0.15) is 5.88 Å². The van der Waals surface area contributed by atoms with Crippen LogP contribution >= 0.6 is 11.6 Å². The number of carbonyl (C=O) groups is 2. The van der Waals surface area contributed by atoms with Crippen LogP contribution in [-0.4, -0.2) is 24.6 Å². The van der Waals surface area contributed by atoms with Crippen molar-refractivity contribution in [1.29, 1.82) is 0 Å². The number of esters is 2. The Bertz CT molecular complexity index is 200. The van der Waals surface area contributed by atoms with Gasteiger partial charge in [-0.3, -0.25) is 4.79 Å². The zero-order valence-corrected chi connectivity index (χ0v) is 7.39. The van der Waals surface area contributed by atoms with Gasteiger partial charge in [0.25, 0.3) is 0 Å². The van der Waals surface area contributed by atoms with Crippen LogP contribution in [-0.2, 0) is 19.1 Å². The molecule has 0 aliphatic rings. The van der Waals surface area contributed by atoms with Crippen LogP contribution in [0, 0.1) is 0 Å². The number of ether oxygens (including phenoxy) is 2. The molecular weight excluding hydrogens is 184 g/mol. The van der Waals surface area contributed by atoms with Crippen molar-refractivity contribution in [3.63, 3.8) is 0 Å². The molecule has 0 saturated heterocycles. The topological polar surface area (TPSA) is 52.6 Å². The SMILES string of the molecule is C=C(C)C(=O)OCOC(=O)CCl. The van der Waals surface area contributed by atoms with Gasteiger partial charge in [-0.25, -0.2) is 4.79 Å². The van der Waals surface area contributed by atoms with Crippen LogP contribution in [0.4, 0.5) is 0 Å². The quantitative estimate of drug-likeness (QED) is 0.287. The Morgan fingerprint density at radius 2 is 2.00 bits per heavy atom.